The van der Waals surface area contributed by atoms with Gasteiger partial charge in [-0.15, -0.1) is 0 Å². The fraction of sp³-hybridized carbons (Fsp3) is 0.634. The van der Waals surface area contributed by atoms with Crippen molar-refractivity contribution in [2.75, 3.05) is 46.1 Å². The number of halogens is 1. The molecule has 0 aliphatic carbocycles. The van der Waals surface area contributed by atoms with Crippen molar-refractivity contribution in [3.63, 3.8) is 0 Å². The molecule has 0 spiro atoms. The molecule has 0 radical (unpaired) electrons. The van der Waals surface area contributed by atoms with Gasteiger partial charge in [0.15, 0.2) is 0 Å². The molecule has 2 aromatic heterocycles. The van der Waals surface area contributed by atoms with Crippen LogP contribution in [0.4, 0.5) is 0 Å². The summed E-state index contributed by atoms with van der Waals surface area (Å²) in [5.74, 6) is 3.18. The monoisotopic (exact) mass is 846 g/mol. The molecule has 3 fully saturated rings. The first kappa shape index (κ1) is 43.5. The molecule has 2 aromatic carbocycles. The maximum absolute atomic E-state index is 13.2. The van der Waals surface area contributed by atoms with Crippen LogP contribution in [-0.2, 0) is 57.3 Å². The Morgan fingerprint density at radius 3 is 1.60 bits per heavy atom. The average molecular weight is 848 g/mol. The van der Waals surface area contributed by atoms with Gasteiger partial charge in [-0.2, -0.15) is 4.31 Å². The maximum atomic E-state index is 13.2. The zero-order chi connectivity index (χ0) is 41.3. The van der Waals surface area contributed by atoms with E-state index >= 15 is 0 Å². The van der Waals surface area contributed by atoms with Crippen molar-refractivity contribution in [1.29, 1.82) is 0 Å². The number of hydrogen-bond donors (Lipinski definition) is 1. The van der Waals surface area contributed by atoms with Crippen LogP contribution in [0.3, 0.4) is 0 Å². The van der Waals surface area contributed by atoms with Gasteiger partial charge in [0, 0.05) is 93.0 Å². The lowest BCUT2D eigenvalue weighted by Crippen LogP contribution is -2.53. The number of imidazole rings is 2. The number of aromatic nitrogens is 4. The highest BCUT2D eigenvalue weighted by Gasteiger charge is 2.37. The van der Waals surface area contributed by atoms with E-state index in [0.29, 0.717) is 43.4 Å². The maximum Gasteiger partial charge on any atom is 0.261 e. The van der Waals surface area contributed by atoms with E-state index in [1.807, 2.05) is 12.1 Å². The fourth-order valence-electron chi connectivity index (χ4n) is 7.80. The Morgan fingerprint density at radius 1 is 0.737 bits per heavy atom. The van der Waals surface area contributed by atoms with Crippen molar-refractivity contribution in [3.8, 4) is 0 Å². The molecule has 3 saturated heterocycles. The summed E-state index contributed by atoms with van der Waals surface area (Å²) in [5.41, 5.74) is 3.04. The number of nitrogens with one attached hydrogen (secondary N) is 1. The van der Waals surface area contributed by atoms with E-state index in [4.69, 9.17) is 30.1 Å². The van der Waals surface area contributed by atoms with E-state index in [9.17, 15) is 21.6 Å². The average Bonchev–Trinajstić information content (AvgIpc) is 3.69. The molecule has 314 valence electrons. The van der Waals surface area contributed by atoms with Gasteiger partial charge < -0.3 is 23.9 Å². The molecule has 0 atom stereocenters. The first-order chi connectivity index (χ1) is 26.8. The summed E-state index contributed by atoms with van der Waals surface area (Å²) in [6, 6.07) is 10.3. The second-order valence-corrected chi connectivity index (χ2v) is 22.3. The van der Waals surface area contributed by atoms with Crippen molar-refractivity contribution in [2.24, 2.45) is 17.8 Å². The summed E-state index contributed by atoms with van der Waals surface area (Å²) in [4.78, 5) is 21.5. The molecule has 5 heterocycles. The molecule has 4 aromatic rings. The van der Waals surface area contributed by atoms with Crippen molar-refractivity contribution < 1.29 is 31.1 Å². The van der Waals surface area contributed by atoms with Gasteiger partial charge in [0.05, 0.1) is 31.9 Å². The number of hydrogen-bond acceptors (Lipinski definition) is 9. The molecule has 0 bridgehead atoms. The normalized spacial score (nSPS) is 18.4. The summed E-state index contributed by atoms with van der Waals surface area (Å²) in [5, 5.41) is 2.85. The number of amides is 1. The quantitative estimate of drug-likeness (QED) is 0.174. The molecule has 0 unspecified atom stereocenters. The molecule has 3 aliphatic rings. The van der Waals surface area contributed by atoms with Gasteiger partial charge in [0.2, 0.25) is 15.9 Å². The highest BCUT2D eigenvalue weighted by molar-refractivity contribution is 8.13. The predicted molar refractivity (Wildman–Crippen MR) is 223 cm³/mol. The van der Waals surface area contributed by atoms with Crippen LogP contribution < -0.4 is 5.32 Å². The summed E-state index contributed by atoms with van der Waals surface area (Å²) in [7, 11) is -1.86. The number of carbonyl (C=O) groups excluding carboxylic acids is 1. The minimum Gasteiger partial charge on any atom is -0.381 e. The number of rotatable bonds is 10. The molecular weight excluding hydrogens is 788 g/mol. The van der Waals surface area contributed by atoms with Gasteiger partial charge in [0.25, 0.3) is 9.05 Å². The smallest absolute Gasteiger partial charge is 0.261 e. The Balaban J connectivity index is 0.000000203. The first-order valence-electron chi connectivity index (χ1n) is 20.1. The van der Waals surface area contributed by atoms with Crippen molar-refractivity contribution in [2.45, 2.75) is 114 Å². The van der Waals surface area contributed by atoms with Crippen LogP contribution in [-0.4, -0.2) is 92.2 Å². The van der Waals surface area contributed by atoms with Gasteiger partial charge in [-0.3, -0.25) is 4.79 Å². The number of benzene rings is 2. The molecule has 0 saturated carbocycles. The van der Waals surface area contributed by atoms with Crippen LogP contribution >= 0.6 is 10.7 Å². The lowest BCUT2D eigenvalue weighted by Gasteiger charge is -2.38. The van der Waals surface area contributed by atoms with Gasteiger partial charge >= 0.3 is 0 Å². The van der Waals surface area contributed by atoms with Crippen LogP contribution in [0.25, 0.3) is 22.1 Å². The lowest BCUT2D eigenvalue weighted by molar-refractivity contribution is -0.121. The first-order valence-corrected chi connectivity index (χ1v) is 23.9. The molecular formula is C41H59ClN6O7S2. The third kappa shape index (κ3) is 10.2. The number of nitrogens with zero attached hydrogens (tertiary/aromatic N) is 5. The molecule has 1 N–H and O–H groups in total. The van der Waals surface area contributed by atoms with Crippen molar-refractivity contribution in [3.05, 3.63) is 48.0 Å². The Bertz CT molecular complexity index is 2270. The Kier molecular flexibility index (Phi) is 13.2. The van der Waals surface area contributed by atoms with E-state index in [0.717, 1.165) is 93.4 Å². The Morgan fingerprint density at radius 2 is 1.18 bits per heavy atom. The predicted octanol–water partition coefficient (Wildman–Crippen LogP) is 6.60. The van der Waals surface area contributed by atoms with Crippen LogP contribution in [0.5, 0.6) is 0 Å². The number of ether oxygens (including phenoxy) is 2. The standard InChI is InChI=1S/C24H36N4O4S.C17H23ClN2O3S/c1-5-22(29)25-13-18-14-27(15-18)33(30,31)19-6-7-21-20(12-19)26-23(24(2,3)4)28(21)16-17-8-10-32-11-9-17;1-17(2,3)16-19-14-10-13(24(18,21)22)4-5-15(14)20(16)11-12-6-8-23-9-7-12/h6-7,12,17-18H,5,8-11,13-16H2,1-4H3,(H,25,29);4-5,10,12H,6-9,11H2,1-3H3. The third-order valence-corrected chi connectivity index (χ3v) is 14.3. The van der Waals surface area contributed by atoms with Gasteiger partial charge in [0.1, 0.15) is 11.6 Å². The minimum atomic E-state index is -3.75. The molecule has 1 amide bonds. The van der Waals surface area contributed by atoms with Crippen LogP contribution in [0, 0.1) is 17.8 Å². The summed E-state index contributed by atoms with van der Waals surface area (Å²) < 4.78 is 66.5. The van der Waals surface area contributed by atoms with Crippen LogP contribution in [0.2, 0.25) is 0 Å². The second kappa shape index (κ2) is 17.3. The summed E-state index contributed by atoms with van der Waals surface area (Å²) >= 11 is 0. The van der Waals surface area contributed by atoms with Gasteiger partial charge in [-0.25, -0.2) is 26.8 Å². The zero-order valence-corrected chi connectivity index (χ0v) is 36.8. The zero-order valence-electron chi connectivity index (χ0n) is 34.4. The topological polar surface area (TPSA) is 155 Å². The van der Waals surface area contributed by atoms with E-state index < -0.39 is 19.1 Å². The molecule has 7 rings (SSSR count). The lowest BCUT2D eigenvalue weighted by atomic mass is 9.94. The molecule has 16 heteroatoms. The van der Waals surface area contributed by atoms with Crippen LogP contribution in [0.1, 0.15) is 92.2 Å². The highest BCUT2D eigenvalue weighted by Crippen LogP contribution is 2.33. The Labute approximate surface area is 342 Å². The number of sulfonamides is 1. The van der Waals surface area contributed by atoms with E-state index in [1.165, 1.54) is 4.31 Å². The Hall–Kier alpha value is -3.08. The molecule has 3 aliphatic heterocycles. The van der Waals surface area contributed by atoms with Gasteiger partial charge in [-0.05, 0) is 73.9 Å². The number of fused-ring (bicyclic) bond motifs is 2. The van der Waals surface area contributed by atoms with Crippen LogP contribution in [0.15, 0.2) is 46.2 Å². The van der Waals surface area contributed by atoms with E-state index in [-0.39, 0.29) is 32.4 Å². The highest BCUT2D eigenvalue weighted by atomic mass is 35.7. The molecule has 13 nitrogen and oxygen atoms in total. The number of carbonyl (C=O) groups is 1. The SMILES string of the molecule is CC(C)(C)c1nc2cc(S(=O)(=O)Cl)ccc2n1CC1CCOCC1.CCC(=O)NCC1CN(S(=O)(=O)c2ccc3c(c2)nc(C(C)(C)C)n3CC2CCOCC2)C1. The van der Waals surface area contributed by atoms with Crippen molar-refractivity contribution >= 4 is 57.7 Å². The van der Waals surface area contributed by atoms with E-state index in [2.05, 4.69) is 56.0 Å². The third-order valence-electron chi connectivity index (χ3n) is 11.1. The fourth-order valence-corrected chi connectivity index (χ4v) is 10.2. The largest absolute Gasteiger partial charge is 0.381 e. The summed E-state index contributed by atoms with van der Waals surface area (Å²) in [6.07, 6.45) is 4.58. The van der Waals surface area contributed by atoms with E-state index in [1.54, 1.807) is 31.2 Å². The van der Waals surface area contributed by atoms with Gasteiger partial charge in [-0.1, -0.05) is 48.5 Å². The molecule has 57 heavy (non-hydrogen) atoms. The minimum absolute atomic E-state index is 0.00671. The second-order valence-electron chi connectivity index (χ2n) is 17.8. The van der Waals surface area contributed by atoms with Crippen molar-refractivity contribution in [1.82, 2.24) is 28.7 Å². The summed E-state index contributed by atoms with van der Waals surface area (Å²) in [6.45, 7) is 20.9.